The first-order valence-corrected chi connectivity index (χ1v) is 6.22. The lowest BCUT2D eigenvalue weighted by Crippen LogP contribution is -2.43. The van der Waals surface area contributed by atoms with Crippen LogP contribution < -0.4 is 16.8 Å². The van der Waals surface area contributed by atoms with Crippen molar-refractivity contribution in [3.63, 3.8) is 0 Å². The molecular weight excluding hydrogens is 242 g/mol. The fourth-order valence-corrected chi connectivity index (χ4v) is 2.02. The minimum absolute atomic E-state index is 0.147. The zero-order valence-electron chi connectivity index (χ0n) is 11.6. The molecule has 2 unspecified atom stereocenters. The summed E-state index contributed by atoms with van der Waals surface area (Å²) in [6.45, 7) is 5.89. The number of carbonyl (C=O) groups is 2. The van der Waals surface area contributed by atoms with Crippen molar-refractivity contribution in [2.45, 2.75) is 39.3 Å². The quantitative estimate of drug-likeness (QED) is 0.728. The second-order valence-electron chi connectivity index (χ2n) is 4.87. The summed E-state index contributed by atoms with van der Waals surface area (Å²) in [7, 11) is 0. The molecule has 0 spiro atoms. The number of aryl methyl sites for hydroxylation is 2. The molecule has 1 aromatic rings. The summed E-state index contributed by atoms with van der Waals surface area (Å²) in [6, 6.07) is 4.97. The summed E-state index contributed by atoms with van der Waals surface area (Å²) in [6.07, 6.45) is -0.147. The summed E-state index contributed by atoms with van der Waals surface area (Å²) in [5.41, 5.74) is 13.9. The highest BCUT2D eigenvalue weighted by molar-refractivity contribution is 5.87. The molecule has 5 N–H and O–H groups in total. The third-order valence-electron chi connectivity index (χ3n) is 3.01. The van der Waals surface area contributed by atoms with E-state index in [-0.39, 0.29) is 18.4 Å². The van der Waals surface area contributed by atoms with Gasteiger partial charge in [0, 0.05) is 0 Å². The Bertz CT molecular complexity index is 486. The van der Waals surface area contributed by atoms with Crippen LogP contribution in [0.4, 0.5) is 0 Å². The lowest BCUT2D eigenvalue weighted by molar-refractivity contribution is -0.126. The van der Waals surface area contributed by atoms with Crippen LogP contribution in [-0.4, -0.2) is 17.9 Å². The number of hydrogen-bond acceptors (Lipinski definition) is 3. The van der Waals surface area contributed by atoms with Gasteiger partial charge in [-0.15, -0.1) is 0 Å². The highest BCUT2D eigenvalue weighted by Gasteiger charge is 2.19. The molecule has 0 aromatic heterocycles. The molecule has 2 amide bonds. The predicted molar refractivity (Wildman–Crippen MR) is 74.3 cm³/mol. The monoisotopic (exact) mass is 263 g/mol. The van der Waals surface area contributed by atoms with E-state index in [1.807, 2.05) is 32.9 Å². The van der Waals surface area contributed by atoms with Gasteiger partial charge in [0.2, 0.25) is 11.8 Å². The number of primary amides is 1. The van der Waals surface area contributed by atoms with Gasteiger partial charge in [0.05, 0.1) is 18.5 Å². The Morgan fingerprint density at radius 2 is 1.95 bits per heavy atom. The van der Waals surface area contributed by atoms with E-state index in [1.165, 1.54) is 5.56 Å². The third-order valence-corrected chi connectivity index (χ3v) is 3.01. The zero-order chi connectivity index (χ0) is 14.6. The number of hydrogen-bond donors (Lipinski definition) is 3. The third kappa shape index (κ3) is 4.37. The van der Waals surface area contributed by atoms with Crippen LogP contribution in [0.25, 0.3) is 0 Å². The molecule has 104 valence electrons. The number of nitrogens with one attached hydrogen (secondary N) is 1. The molecule has 0 radical (unpaired) electrons. The van der Waals surface area contributed by atoms with Gasteiger partial charge in [-0.1, -0.05) is 23.8 Å². The number of rotatable bonds is 5. The van der Waals surface area contributed by atoms with Crippen molar-refractivity contribution in [1.82, 2.24) is 5.32 Å². The smallest absolute Gasteiger partial charge is 0.237 e. The SMILES string of the molecule is Cc1ccc(C(C)NC(=O)C(N)CC(N)=O)c(C)c1. The fraction of sp³-hybridized carbons (Fsp3) is 0.429. The van der Waals surface area contributed by atoms with Gasteiger partial charge < -0.3 is 16.8 Å². The summed E-state index contributed by atoms with van der Waals surface area (Å²) in [5, 5.41) is 2.79. The van der Waals surface area contributed by atoms with E-state index in [2.05, 4.69) is 11.4 Å². The van der Waals surface area contributed by atoms with Crippen LogP contribution in [0, 0.1) is 13.8 Å². The molecule has 0 aliphatic carbocycles. The second kappa shape index (κ2) is 6.33. The lowest BCUT2D eigenvalue weighted by Gasteiger charge is -2.19. The summed E-state index contributed by atoms with van der Waals surface area (Å²) in [4.78, 5) is 22.5. The lowest BCUT2D eigenvalue weighted by atomic mass is 10.00. The first-order chi connectivity index (χ1) is 8.81. The number of amides is 2. The van der Waals surface area contributed by atoms with Crippen LogP contribution >= 0.6 is 0 Å². The molecule has 0 bridgehead atoms. The fourth-order valence-electron chi connectivity index (χ4n) is 2.02. The van der Waals surface area contributed by atoms with E-state index < -0.39 is 11.9 Å². The molecule has 0 saturated heterocycles. The maximum atomic E-state index is 11.8. The standard InChI is InChI=1S/C14H21N3O2/c1-8-4-5-11(9(2)6-8)10(3)17-14(19)12(15)7-13(16)18/h4-6,10,12H,7,15H2,1-3H3,(H2,16,18)(H,17,19). The predicted octanol–water partition coefficient (Wildman–Crippen LogP) is 0.683. The summed E-state index contributed by atoms with van der Waals surface area (Å²) in [5.74, 6) is -0.951. The summed E-state index contributed by atoms with van der Waals surface area (Å²) >= 11 is 0. The van der Waals surface area contributed by atoms with E-state index in [9.17, 15) is 9.59 Å². The highest BCUT2D eigenvalue weighted by atomic mass is 16.2. The van der Waals surface area contributed by atoms with Crippen molar-refractivity contribution in [1.29, 1.82) is 0 Å². The molecule has 0 heterocycles. The first kappa shape index (κ1) is 15.2. The molecule has 5 heteroatoms. The van der Waals surface area contributed by atoms with Crippen molar-refractivity contribution in [2.24, 2.45) is 11.5 Å². The Balaban J connectivity index is 2.71. The van der Waals surface area contributed by atoms with E-state index >= 15 is 0 Å². The van der Waals surface area contributed by atoms with Crippen LogP contribution in [0.1, 0.15) is 36.1 Å². The van der Waals surface area contributed by atoms with Gasteiger partial charge in [-0.2, -0.15) is 0 Å². The Labute approximate surface area is 113 Å². The molecule has 19 heavy (non-hydrogen) atoms. The van der Waals surface area contributed by atoms with E-state index in [0.717, 1.165) is 11.1 Å². The van der Waals surface area contributed by atoms with Crippen molar-refractivity contribution in [3.05, 3.63) is 34.9 Å². The molecule has 2 atom stereocenters. The van der Waals surface area contributed by atoms with Crippen molar-refractivity contribution in [2.75, 3.05) is 0 Å². The minimum Gasteiger partial charge on any atom is -0.370 e. The molecule has 0 aliphatic heterocycles. The topological polar surface area (TPSA) is 98.2 Å². The Morgan fingerprint density at radius 3 is 2.47 bits per heavy atom. The van der Waals surface area contributed by atoms with Crippen LogP contribution in [0.5, 0.6) is 0 Å². The maximum absolute atomic E-state index is 11.8. The van der Waals surface area contributed by atoms with Gasteiger partial charge in [0.1, 0.15) is 0 Å². The number of nitrogens with two attached hydrogens (primary N) is 2. The average molecular weight is 263 g/mol. The first-order valence-electron chi connectivity index (χ1n) is 6.22. The molecule has 1 rings (SSSR count). The van der Waals surface area contributed by atoms with Gasteiger partial charge in [0.15, 0.2) is 0 Å². The van der Waals surface area contributed by atoms with Crippen LogP contribution in [0.15, 0.2) is 18.2 Å². The normalized spacial score (nSPS) is 13.7. The van der Waals surface area contributed by atoms with Gasteiger partial charge in [-0.25, -0.2) is 0 Å². The van der Waals surface area contributed by atoms with Crippen molar-refractivity contribution in [3.8, 4) is 0 Å². The molecule has 0 saturated carbocycles. The molecule has 0 aliphatic rings. The maximum Gasteiger partial charge on any atom is 0.237 e. The zero-order valence-corrected chi connectivity index (χ0v) is 11.6. The van der Waals surface area contributed by atoms with Crippen LogP contribution in [0.3, 0.4) is 0 Å². The number of benzene rings is 1. The van der Waals surface area contributed by atoms with Gasteiger partial charge >= 0.3 is 0 Å². The van der Waals surface area contributed by atoms with E-state index in [1.54, 1.807) is 0 Å². The second-order valence-corrected chi connectivity index (χ2v) is 4.87. The largest absolute Gasteiger partial charge is 0.370 e. The van der Waals surface area contributed by atoms with Gasteiger partial charge in [-0.3, -0.25) is 9.59 Å². The molecule has 5 nitrogen and oxygen atoms in total. The number of carbonyl (C=O) groups excluding carboxylic acids is 2. The Hall–Kier alpha value is -1.88. The molecular formula is C14H21N3O2. The van der Waals surface area contributed by atoms with Gasteiger partial charge in [0.25, 0.3) is 0 Å². The Kier molecular flexibility index (Phi) is 5.06. The summed E-state index contributed by atoms with van der Waals surface area (Å²) < 4.78 is 0. The molecule has 0 fully saturated rings. The van der Waals surface area contributed by atoms with Crippen LogP contribution in [0.2, 0.25) is 0 Å². The van der Waals surface area contributed by atoms with E-state index in [4.69, 9.17) is 11.5 Å². The van der Waals surface area contributed by atoms with Crippen molar-refractivity contribution >= 4 is 11.8 Å². The van der Waals surface area contributed by atoms with E-state index in [0.29, 0.717) is 0 Å². The Morgan fingerprint density at radius 1 is 1.32 bits per heavy atom. The van der Waals surface area contributed by atoms with Crippen molar-refractivity contribution < 1.29 is 9.59 Å². The average Bonchev–Trinajstić information content (AvgIpc) is 2.27. The highest BCUT2D eigenvalue weighted by Crippen LogP contribution is 2.18. The van der Waals surface area contributed by atoms with Crippen LogP contribution in [-0.2, 0) is 9.59 Å². The minimum atomic E-state index is -0.897. The molecule has 1 aromatic carbocycles. The van der Waals surface area contributed by atoms with Gasteiger partial charge in [-0.05, 0) is 31.9 Å².